The lowest BCUT2D eigenvalue weighted by Gasteiger charge is -2.39. The third-order valence-electron chi connectivity index (χ3n) is 4.15. The van der Waals surface area contributed by atoms with E-state index in [-0.39, 0.29) is 0 Å². The van der Waals surface area contributed by atoms with Crippen molar-refractivity contribution in [3.63, 3.8) is 0 Å². The Balaban J connectivity index is 1.65. The zero-order chi connectivity index (χ0) is 12.4. The van der Waals surface area contributed by atoms with Crippen molar-refractivity contribution in [3.8, 4) is 0 Å². The van der Waals surface area contributed by atoms with Crippen LogP contribution in [0.4, 0.5) is 5.69 Å². The summed E-state index contributed by atoms with van der Waals surface area (Å²) in [7, 11) is 0. The first-order valence-corrected chi connectivity index (χ1v) is 8.32. The SMILES string of the molecule is CCCC1CC(NC2CC2)CN(c2ccsc2)C1. The van der Waals surface area contributed by atoms with Crippen molar-refractivity contribution in [3.05, 3.63) is 16.8 Å². The van der Waals surface area contributed by atoms with Crippen molar-refractivity contribution in [2.75, 3.05) is 18.0 Å². The molecule has 3 heteroatoms. The van der Waals surface area contributed by atoms with Crippen molar-refractivity contribution in [1.82, 2.24) is 5.32 Å². The number of anilines is 1. The number of hydrogen-bond acceptors (Lipinski definition) is 3. The zero-order valence-corrected chi connectivity index (χ0v) is 12.1. The van der Waals surface area contributed by atoms with Crippen LogP contribution in [-0.2, 0) is 0 Å². The second-order valence-electron chi connectivity index (χ2n) is 5.91. The van der Waals surface area contributed by atoms with Gasteiger partial charge in [-0.2, -0.15) is 11.3 Å². The average Bonchev–Trinajstić information content (AvgIpc) is 3.00. The second kappa shape index (κ2) is 5.62. The molecule has 2 heterocycles. The van der Waals surface area contributed by atoms with E-state index < -0.39 is 0 Å². The second-order valence-corrected chi connectivity index (χ2v) is 6.69. The van der Waals surface area contributed by atoms with Crippen LogP contribution in [0.5, 0.6) is 0 Å². The Morgan fingerprint density at radius 2 is 2.22 bits per heavy atom. The Labute approximate surface area is 114 Å². The van der Waals surface area contributed by atoms with Crippen molar-refractivity contribution < 1.29 is 0 Å². The van der Waals surface area contributed by atoms with Gasteiger partial charge >= 0.3 is 0 Å². The highest BCUT2D eigenvalue weighted by molar-refractivity contribution is 7.08. The maximum atomic E-state index is 3.83. The largest absolute Gasteiger partial charge is 0.369 e. The van der Waals surface area contributed by atoms with E-state index in [2.05, 4.69) is 34.0 Å². The maximum absolute atomic E-state index is 3.83. The highest BCUT2D eigenvalue weighted by atomic mass is 32.1. The highest BCUT2D eigenvalue weighted by Crippen LogP contribution is 2.29. The van der Waals surface area contributed by atoms with Gasteiger partial charge < -0.3 is 10.2 Å². The first-order chi connectivity index (χ1) is 8.85. The number of nitrogens with zero attached hydrogens (tertiary/aromatic N) is 1. The summed E-state index contributed by atoms with van der Waals surface area (Å²) >= 11 is 1.81. The molecule has 100 valence electrons. The van der Waals surface area contributed by atoms with Crippen LogP contribution in [0.1, 0.15) is 39.0 Å². The molecule has 2 nitrogen and oxygen atoms in total. The fourth-order valence-electron chi connectivity index (χ4n) is 3.17. The molecule has 2 aliphatic rings. The topological polar surface area (TPSA) is 15.3 Å². The van der Waals surface area contributed by atoms with E-state index >= 15 is 0 Å². The molecule has 2 unspecified atom stereocenters. The van der Waals surface area contributed by atoms with Gasteiger partial charge in [0.05, 0.1) is 0 Å². The predicted octanol–water partition coefficient (Wildman–Crippen LogP) is 3.50. The van der Waals surface area contributed by atoms with Crippen molar-refractivity contribution in [2.45, 2.75) is 51.1 Å². The molecule has 1 aliphatic carbocycles. The highest BCUT2D eigenvalue weighted by Gasteiger charge is 2.31. The normalized spacial score (nSPS) is 28.6. The van der Waals surface area contributed by atoms with E-state index in [9.17, 15) is 0 Å². The number of piperidine rings is 1. The van der Waals surface area contributed by atoms with Crippen LogP contribution in [0.3, 0.4) is 0 Å². The number of thiophene rings is 1. The molecule has 18 heavy (non-hydrogen) atoms. The molecule has 3 rings (SSSR count). The molecule has 0 bridgehead atoms. The van der Waals surface area contributed by atoms with Crippen LogP contribution in [0.25, 0.3) is 0 Å². The first-order valence-electron chi connectivity index (χ1n) is 7.38. The average molecular weight is 264 g/mol. The molecule has 1 aromatic rings. The van der Waals surface area contributed by atoms with E-state index in [1.165, 1.54) is 50.9 Å². The number of nitrogens with one attached hydrogen (secondary N) is 1. The predicted molar refractivity (Wildman–Crippen MR) is 79.5 cm³/mol. The molecule has 1 saturated heterocycles. The van der Waals surface area contributed by atoms with Crippen LogP contribution < -0.4 is 10.2 Å². The molecular formula is C15H24N2S. The molecule has 0 spiro atoms. The lowest BCUT2D eigenvalue weighted by Crippen LogP contribution is -2.49. The Bertz CT molecular complexity index is 359. The van der Waals surface area contributed by atoms with Crippen molar-refractivity contribution in [1.29, 1.82) is 0 Å². The van der Waals surface area contributed by atoms with Crippen LogP contribution in [0, 0.1) is 5.92 Å². The Kier molecular flexibility index (Phi) is 3.90. The third-order valence-corrected chi connectivity index (χ3v) is 4.82. The standard InChI is InChI=1S/C15H24N2S/c1-2-3-12-8-14(16-13-4-5-13)10-17(9-12)15-6-7-18-11-15/h6-7,11-14,16H,2-5,8-10H2,1H3. The maximum Gasteiger partial charge on any atom is 0.0475 e. The van der Waals surface area contributed by atoms with E-state index in [0.29, 0.717) is 6.04 Å². The van der Waals surface area contributed by atoms with Crippen LogP contribution >= 0.6 is 11.3 Å². The van der Waals surface area contributed by atoms with Gasteiger partial charge in [-0.25, -0.2) is 0 Å². The Hall–Kier alpha value is -0.540. The first kappa shape index (κ1) is 12.5. The van der Waals surface area contributed by atoms with Crippen LogP contribution in [0.2, 0.25) is 0 Å². The molecule has 0 amide bonds. The van der Waals surface area contributed by atoms with Crippen molar-refractivity contribution in [2.24, 2.45) is 5.92 Å². The summed E-state index contributed by atoms with van der Waals surface area (Å²) in [5.41, 5.74) is 1.43. The minimum absolute atomic E-state index is 0.711. The molecular weight excluding hydrogens is 240 g/mol. The van der Waals surface area contributed by atoms with Crippen LogP contribution in [0.15, 0.2) is 16.8 Å². The molecule has 0 radical (unpaired) electrons. The monoisotopic (exact) mass is 264 g/mol. The Morgan fingerprint density at radius 3 is 2.89 bits per heavy atom. The summed E-state index contributed by atoms with van der Waals surface area (Å²) < 4.78 is 0. The van der Waals surface area contributed by atoms with Gasteiger partial charge in [0.15, 0.2) is 0 Å². The summed E-state index contributed by atoms with van der Waals surface area (Å²) in [6.07, 6.45) is 6.87. The number of rotatable bonds is 5. The number of hydrogen-bond donors (Lipinski definition) is 1. The summed E-state index contributed by atoms with van der Waals surface area (Å²) in [5.74, 6) is 0.875. The zero-order valence-electron chi connectivity index (χ0n) is 11.3. The van der Waals surface area contributed by atoms with Gasteiger partial charge in [0.25, 0.3) is 0 Å². The smallest absolute Gasteiger partial charge is 0.0475 e. The molecule has 1 aliphatic heterocycles. The summed E-state index contributed by atoms with van der Waals surface area (Å²) in [6.45, 7) is 4.77. The van der Waals surface area contributed by atoms with Gasteiger partial charge in [-0.3, -0.25) is 0 Å². The van der Waals surface area contributed by atoms with Gasteiger partial charge in [-0.1, -0.05) is 13.3 Å². The molecule has 1 aromatic heterocycles. The lowest BCUT2D eigenvalue weighted by molar-refractivity contribution is 0.316. The summed E-state index contributed by atoms with van der Waals surface area (Å²) in [5, 5.41) is 8.33. The van der Waals surface area contributed by atoms with Gasteiger partial charge in [-0.05, 0) is 43.0 Å². The van der Waals surface area contributed by atoms with Gasteiger partial charge in [0.2, 0.25) is 0 Å². The van der Waals surface area contributed by atoms with E-state index in [1.54, 1.807) is 0 Å². The minimum atomic E-state index is 0.711. The van der Waals surface area contributed by atoms with E-state index in [1.807, 2.05) is 11.3 Å². The van der Waals surface area contributed by atoms with Gasteiger partial charge in [-0.15, -0.1) is 0 Å². The summed E-state index contributed by atoms with van der Waals surface area (Å²) in [4.78, 5) is 2.60. The molecule has 0 aromatic carbocycles. The minimum Gasteiger partial charge on any atom is -0.369 e. The Morgan fingerprint density at radius 1 is 1.33 bits per heavy atom. The molecule has 1 N–H and O–H groups in total. The van der Waals surface area contributed by atoms with E-state index in [4.69, 9.17) is 0 Å². The van der Waals surface area contributed by atoms with Crippen LogP contribution in [-0.4, -0.2) is 25.2 Å². The van der Waals surface area contributed by atoms with Gasteiger partial charge in [0, 0.05) is 36.2 Å². The molecule has 1 saturated carbocycles. The third kappa shape index (κ3) is 3.07. The quantitative estimate of drug-likeness (QED) is 0.875. The van der Waals surface area contributed by atoms with Gasteiger partial charge in [0.1, 0.15) is 0 Å². The van der Waals surface area contributed by atoms with Crippen molar-refractivity contribution >= 4 is 17.0 Å². The molecule has 2 atom stereocenters. The lowest BCUT2D eigenvalue weighted by atomic mass is 9.90. The summed E-state index contributed by atoms with van der Waals surface area (Å²) in [6, 6.07) is 3.81. The van der Waals surface area contributed by atoms with E-state index in [0.717, 1.165) is 12.0 Å². The fourth-order valence-corrected chi connectivity index (χ4v) is 3.84. The fraction of sp³-hybridized carbons (Fsp3) is 0.733. The molecule has 2 fully saturated rings.